The van der Waals surface area contributed by atoms with Crippen LogP contribution in [-0.2, 0) is 9.53 Å². The Hall–Kier alpha value is -2.27. The lowest BCUT2D eigenvalue weighted by molar-refractivity contribution is -0.116. The van der Waals surface area contributed by atoms with Crippen molar-refractivity contribution in [2.24, 2.45) is 0 Å². The molecule has 5 heteroatoms. The van der Waals surface area contributed by atoms with E-state index in [1.807, 2.05) is 24.3 Å². The van der Waals surface area contributed by atoms with Crippen molar-refractivity contribution in [2.75, 3.05) is 20.3 Å². The van der Waals surface area contributed by atoms with Crippen LogP contribution >= 0.6 is 0 Å². The Morgan fingerprint density at radius 1 is 1.35 bits per heavy atom. The van der Waals surface area contributed by atoms with Crippen LogP contribution < -0.4 is 5.32 Å². The quantitative estimate of drug-likeness (QED) is 0.642. The lowest BCUT2D eigenvalue weighted by atomic mass is 10.3. The summed E-state index contributed by atoms with van der Waals surface area (Å²) in [5, 5.41) is 2.77. The summed E-state index contributed by atoms with van der Waals surface area (Å²) in [5.74, 6) is -0.143. The van der Waals surface area contributed by atoms with Gasteiger partial charge < -0.3 is 10.1 Å². The van der Waals surface area contributed by atoms with E-state index >= 15 is 0 Å². The molecule has 0 spiro atoms. The molecule has 2 aromatic rings. The molecule has 0 aliphatic heterocycles. The van der Waals surface area contributed by atoms with Gasteiger partial charge in [-0.3, -0.25) is 9.78 Å². The number of rotatable bonds is 6. The zero-order chi connectivity index (χ0) is 14.2. The number of carbonyl (C=O) groups is 1. The minimum absolute atomic E-state index is 0.143. The molecule has 20 heavy (non-hydrogen) atoms. The third-order valence-electron chi connectivity index (χ3n) is 2.70. The first-order chi connectivity index (χ1) is 9.79. The van der Waals surface area contributed by atoms with E-state index in [0.29, 0.717) is 18.8 Å². The van der Waals surface area contributed by atoms with E-state index in [2.05, 4.69) is 15.3 Å². The number of methoxy groups -OCH3 is 1. The first-order valence-electron chi connectivity index (χ1n) is 6.46. The van der Waals surface area contributed by atoms with E-state index in [0.717, 1.165) is 17.5 Å². The van der Waals surface area contributed by atoms with Crippen LogP contribution in [0, 0.1) is 0 Å². The Morgan fingerprint density at radius 2 is 2.15 bits per heavy atom. The lowest BCUT2D eigenvalue weighted by Crippen LogP contribution is -2.22. The van der Waals surface area contributed by atoms with Crippen LogP contribution in [0.5, 0.6) is 0 Å². The Labute approximate surface area is 117 Å². The topological polar surface area (TPSA) is 64.1 Å². The summed E-state index contributed by atoms with van der Waals surface area (Å²) in [6.45, 7) is 1.24. The highest BCUT2D eigenvalue weighted by atomic mass is 16.5. The fourth-order valence-electron chi connectivity index (χ4n) is 1.70. The van der Waals surface area contributed by atoms with Crippen molar-refractivity contribution in [1.82, 2.24) is 15.3 Å². The van der Waals surface area contributed by atoms with Gasteiger partial charge in [-0.25, -0.2) is 4.98 Å². The highest BCUT2D eigenvalue weighted by Crippen LogP contribution is 2.09. The molecule has 104 valence electrons. The maximum absolute atomic E-state index is 11.6. The average molecular weight is 271 g/mol. The van der Waals surface area contributed by atoms with E-state index < -0.39 is 0 Å². The number of nitrogens with one attached hydrogen (secondary N) is 1. The molecule has 0 fully saturated rings. The van der Waals surface area contributed by atoms with Crippen LogP contribution in [0.2, 0.25) is 0 Å². The number of fused-ring (bicyclic) bond motifs is 1. The summed E-state index contributed by atoms with van der Waals surface area (Å²) in [6.07, 6.45) is 5.57. The number of amides is 1. The fourth-order valence-corrected chi connectivity index (χ4v) is 1.70. The number of benzene rings is 1. The van der Waals surface area contributed by atoms with Gasteiger partial charge in [-0.1, -0.05) is 12.1 Å². The highest BCUT2D eigenvalue weighted by Gasteiger charge is 1.98. The van der Waals surface area contributed by atoms with E-state index in [-0.39, 0.29) is 5.91 Å². The first-order valence-corrected chi connectivity index (χ1v) is 6.46. The second-order valence-corrected chi connectivity index (χ2v) is 4.25. The molecular weight excluding hydrogens is 254 g/mol. The smallest absolute Gasteiger partial charge is 0.244 e. The molecule has 2 rings (SSSR count). The minimum Gasteiger partial charge on any atom is -0.385 e. The third-order valence-corrected chi connectivity index (χ3v) is 2.70. The molecule has 5 nitrogen and oxygen atoms in total. The number of ether oxygens (including phenoxy) is 1. The third kappa shape index (κ3) is 4.13. The van der Waals surface area contributed by atoms with Crippen molar-refractivity contribution >= 4 is 23.0 Å². The van der Waals surface area contributed by atoms with Gasteiger partial charge in [0.15, 0.2) is 0 Å². The SMILES string of the molecule is COCCCNC(=O)/C=C/c1cnc2ccccc2n1. The van der Waals surface area contributed by atoms with Crippen LogP contribution in [0.15, 0.2) is 36.5 Å². The largest absolute Gasteiger partial charge is 0.385 e. The van der Waals surface area contributed by atoms with Crippen LogP contribution in [-0.4, -0.2) is 36.1 Å². The molecule has 0 radical (unpaired) electrons. The molecule has 1 amide bonds. The average Bonchev–Trinajstić information content (AvgIpc) is 2.49. The monoisotopic (exact) mass is 271 g/mol. The van der Waals surface area contributed by atoms with Crippen LogP contribution in [0.3, 0.4) is 0 Å². The van der Waals surface area contributed by atoms with Crippen LogP contribution in [0.4, 0.5) is 0 Å². The molecule has 0 unspecified atom stereocenters. The summed E-state index contributed by atoms with van der Waals surface area (Å²) in [5.41, 5.74) is 2.32. The lowest BCUT2D eigenvalue weighted by Gasteiger charge is -2.01. The zero-order valence-corrected chi connectivity index (χ0v) is 11.4. The Morgan fingerprint density at radius 3 is 2.95 bits per heavy atom. The van der Waals surface area contributed by atoms with Gasteiger partial charge in [0, 0.05) is 26.3 Å². The van der Waals surface area contributed by atoms with Crippen molar-refractivity contribution in [1.29, 1.82) is 0 Å². The first kappa shape index (κ1) is 14.1. The summed E-state index contributed by atoms with van der Waals surface area (Å²) in [7, 11) is 1.64. The Kier molecular flexibility index (Phi) is 5.20. The van der Waals surface area contributed by atoms with Crippen molar-refractivity contribution < 1.29 is 9.53 Å². The van der Waals surface area contributed by atoms with Crippen molar-refractivity contribution in [3.8, 4) is 0 Å². The number of nitrogens with zero attached hydrogens (tertiary/aromatic N) is 2. The molecule has 0 bridgehead atoms. The van der Waals surface area contributed by atoms with Crippen LogP contribution in [0.1, 0.15) is 12.1 Å². The van der Waals surface area contributed by atoms with Crippen molar-refractivity contribution in [2.45, 2.75) is 6.42 Å². The minimum atomic E-state index is -0.143. The van der Waals surface area contributed by atoms with E-state index in [1.165, 1.54) is 6.08 Å². The molecular formula is C15H17N3O2. The number of hydrogen-bond acceptors (Lipinski definition) is 4. The molecule has 0 aliphatic carbocycles. The van der Waals surface area contributed by atoms with Gasteiger partial charge in [0.25, 0.3) is 0 Å². The van der Waals surface area contributed by atoms with E-state index in [1.54, 1.807) is 19.4 Å². The second kappa shape index (κ2) is 7.35. The molecule has 1 aromatic heterocycles. The summed E-state index contributed by atoms with van der Waals surface area (Å²) < 4.78 is 4.91. The van der Waals surface area contributed by atoms with Gasteiger partial charge in [0.2, 0.25) is 5.91 Å². The summed E-state index contributed by atoms with van der Waals surface area (Å²) in [6, 6.07) is 7.62. The zero-order valence-electron chi connectivity index (χ0n) is 11.4. The Balaban J connectivity index is 1.93. The van der Waals surface area contributed by atoms with E-state index in [4.69, 9.17) is 4.74 Å². The van der Waals surface area contributed by atoms with Crippen molar-refractivity contribution in [3.05, 3.63) is 42.2 Å². The van der Waals surface area contributed by atoms with E-state index in [9.17, 15) is 4.79 Å². The molecule has 0 saturated carbocycles. The van der Waals surface area contributed by atoms with Gasteiger partial charge in [-0.2, -0.15) is 0 Å². The maximum Gasteiger partial charge on any atom is 0.244 e. The van der Waals surface area contributed by atoms with Gasteiger partial charge in [0.1, 0.15) is 0 Å². The fraction of sp³-hybridized carbons (Fsp3) is 0.267. The standard InChI is InChI=1S/C15H17N3O2/c1-20-10-4-9-16-15(19)8-7-12-11-17-13-5-2-3-6-14(13)18-12/h2-3,5-8,11H,4,9-10H2,1H3,(H,16,19)/b8-7+. The maximum atomic E-state index is 11.6. The van der Waals surface area contributed by atoms with Crippen LogP contribution in [0.25, 0.3) is 17.1 Å². The van der Waals surface area contributed by atoms with Gasteiger partial charge in [-0.05, 0) is 24.6 Å². The predicted molar refractivity (Wildman–Crippen MR) is 78.1 cm³/mol. The number of aromatic nitrogens is 2. The Bertz CT molecular complexity index is 611. The van der Waals surface area contributed by atoms with Gasteiger partial charge in [-0.15, -0.1) is 0 Å². The van der Waals surface area contributed by atoms with Gasteiger partial charge >= 0.3 is 0 Å². The predicted octanol–water partition coefficient (Wildman–Crippen LogP) is 1.80. The number of carbonyl (C=O) groups excluding carboxylic acids is 1. The molecule has 1 heterocycles. The number of hydrogen-bond donors (Lipinski definition) is 1. The molecule has 1 aromatic carbocycles. The second-order valence-electron chi connectivity index (χ2n) is 4.25. The highest BCUT2D eigenvalue weighted by molar-refractivity contribution is 5.91. The number of para-hydroxylation sites is 2. The summed E-state index contributed by atoms with van der Waals surface area (Å²) in [4.78, 5) is 20.2. The summed E-state index contributed by atoms with van der Waals surface area (Å²) >= 11 is 0. The molecule has 0 saturated heterocycles. The molecule has 0 aliphatic rings. The molecule has 0 atom stereocenters. The van der Waals surface area contributed by atoms with Crippen molar-refractivity contribution in [3.63, 3.8) is 0 Å². The molecule has 1 N–H and O–H groups in total. The normalized spacial score (nSPS) is 11.1. The van der Waals surface area contributed by atoms with Gasteiger partial charge in [0.05, 0.1) is 22.9 Å².